The second-order valence-electron chi connectivity index (χ2n) is 4.88. The first-order chi connectivity index (χ1) is 10.2. The Morgan fingerprint density at radius 1 is 1.38 bits per heavy atom. The van der Waals surface area contributed by atoms with Crippen LogP contribution in [0.1, 0.15) is 24.7 Å². The summed E-state index contributed by atoms with van der Waals surface area (Å²) in [5, 5.41) is 10.6. The van der Waals surface area contributed by atoms with E-state index in [1.165, 1.54) is 5.56 Å². The summed E-state index contributed by atoms with van der Waals surface area (Å²) in [6, 6.07) is 9.50. The molecular formula is C15H21N5O. The first kappa shape index (κ1) is 15.2. The van der Waals surface area contributed by atoms with E-state index in [0.29, 0.717) is 13.0 Å². The molecule has 21 heavy (non-hydrogen) atoms. The highest BCUT2D eigenvalue weighted by Gasteiger charge is 2.14. The van der Waals surface area contributed by atoms with Crippen LogP contribution in [0.15, 0.2) is 36.7 Å². The number of nitrogens with zero attached hydrogens (tertiary/aromatic N) is 3. The Bertz CT molecular complexity index is 566. The van der Waals surface area contributed by atoms with Gasteiger partial charge in [-0.1, -0.05) is 30.3 Å². The molecule has 1 aromatic heterocycles. The molecule has 0 spiro atoms. The van der Waals surface area contributed by atoms with Crippen molar-refractivity contribution in [3.8, 4) is 0 Å². The van der Waals surface area contributed by atoms with Crippen molar-refractivity contribution in [2.24, 2.45) is 5.73 Å². The first-order valence-electron chi connectivity index (χ1n) is 7.14. The van der Waals surface area contributed by atoms with Crippen LogP contribution in [0.4, 0.5) is 0 Å². The molecule has 1 aromatic carbocycles. The van der Waals surface area contributed by atoms with Crippen LogP contribution >= 0.6 is 0 Å². The molecule has 0 fully saturated rings. The van der Waals surface area contributed by atoms with E-state index in [1.807, 2.05) is 41.8 Å². The summed E-state index contributed by atoms with van der Waals surface area (Å²) in [6.45, 7) is 3.13. The van der Waals surface area contributed by atoms with Crippen molar-refractivity contribution in [1.29, 1.82) is 0 Å². The standard InChI is InChI=1S/C15H21N5O/c1-2-20-11-18-19-14(20)10-17-15(21)13(16)9-8-12-6-4-3-5-7-12/h3-7,11,13H,2,8-10,16H2,1H3,(H,17,21)/t13-/m0/s1. The Kier molecular flexibility index (Phi) is 5.45. The average Bonchev–Trinajstić information content (AvgIpc) is 2.98. The highest BCUT2D eigenvalue weighted by molar-refractivity contribution is 5.81. The van der Waals surface area contributed by atoms with E-state index in [9.17, 15) is 4.79 Å². The van der Waals surface area contributed by atoms with Gasteiger partial charge in [-0.2, -0.15) is 0 Å². The lowest BCUT2D eigenvalue weighted by atomic mass is 10.1. The number of aryl methyl sites for hydroxylation is 2. The van der Waals surface area contributed by atoms with Gasteiger partial charge in [-0.05, 0) is 25.3 Å². The fraction of sp³-hybridized carbons (Fsp3) is 0.400. The van der Waals surface area contributed by atoms with Crippen molar-refractivity contribution in [2.45, 2.75) is 38.9 Å². The van der Waals surface area contributed by atoms with E-state index < -0.39 is 6.04 Å². The van der Waals surface area contributed by atoms with Crippen molar-refractivity contribution >= 4 is 5.91 Å². The fourth-order valence-electron chi connectivity index (χ4n) is 2.08. The maximum absolute atomic E-state index is 12.0. The van der Waals surface area contributed by atoms with Gasteiger partial charge in [0.2, 0.25) is 5.91 Å². The molecule has 0 aliphatic carbocycles. The van der Waals surface area contributed by atoms with Crippen molar-refractivity contribution in [2.75, 3.05) is 0 Å². The Balaban J connectivity index is 1.77. The maximum atomic E-state index is 12.0. The van der Waals surface area contributed by atoms with E-state index in [0.717, 1.165) is 18.8 Å². The van der Waals surface area contributed by atoms with Gasteiger partial charge in [-0.25, -0.2) is 0 Å². The second-order valence-corrected chi connectivity index (χ2v) is 4.88. The van der Waals surface area contributed by atoms with Crippen LogP contribution in [-0.2, 0) is 24.3 Å². The van der Waals surface area contributed by atoms with Crippen LogP contribution in [0.2, 0.25) is 0 Å². The van der Waals surface area contributed by atoms with Crippen molar-refractivity contribution in [3.63, 3.8) is 0 Å². The summed E-state index contributed by atoms with van der Waals surface area (Å²) >= 11 is 0. The topological polar surface area (TPSA) is 85.8 Å². The van der Waals surface area contributed by atoms with Crippen LogP contribution in [0.5, 0.6) is 0 Å². The van der Waals surface area contributed by atoms with Gasteiger partial charge in [0.15, 0.2) is 5.82 Å². The molecule has 1 heterocycles. The number of amides is 1. The molecule has 0 aliphatic heterocycles. The third-order valence-electron chi connectivity index (χ3n) is 3.38. The molecule has 1 atom stereocenters. The maximum Gasteiger partial charge on any atom is 0.237 e. The second kappa shape index (κ2) is 7.54. The molecule has 0 bridgehead atoms. The van der Waals surface area contributed by atoms with Gasteiger partial charge >= 0.3 is 0 Å². The molecular weight excluding hydrogens is 266 g/mol. The molecule has 112 valence electrons. The van der Waals surface area contributed by atoms with Gasteiger partial charge in [-0.15, -0.1) is 10.2 Å². The van der Waals surface area contributed by atoms with Crippen LogP contribution in [0.25, 0.3) is 0 Å². The molecule has 0 unspecified atom stereocenters. The van der Waals surface area contributed by atoms with Crippen LogP contribution in [0, 0.1) is 0 Å². The summed E-state index contributed by atoms with van der Waals surface area (Å²) in [7, 11) is 0. The van der Waals surface area contributed by atoms with E-state index in [4.69, 9.17) is 5.73 Å². The van der Waals surface area contributed by atoms with Crippen molar-refractivity contribution in [1.82, 2.24) is 20.1 Å². The highest BCUT2D eigenvalue weighted by atomic mass is 16.2. The van der Waals surface area contributed by atoms with Gasteiger partial charge in [0, 0.05) is 6.54 Å². The first-order valence-corrected chi connectivity index (χ1v) is 7.14. The Morgan fingerprint density at radius 3 is 2.86 bits per heavy atom. The summed E-state index contributed by atoms with van der Waals surface area (Å²) in [5.74, 6) is 0.581. The third kappa shape index (κ3) is 4.39. The number of rotatable bonds is 7. The van der Waals surface area contributed by atoms with E-state index in [1.54, 1.807) is 6.33 Å². The summed E-state index contributed by atoms with van der Waals surface area (Å²) in [5.41, 5.74) is 7.11. The Hall–Kier alpha value is -2.21. The smallest absolute Gasteiger partial charge is 0.237 e. The zero-order chi connectivity index (χ0) is 15.1. The van der Waals surface area contributed by atoms with Crippen molar-refractivity contribution in [3.05, 3.63) is 48.0 Å². The summed E-state index contributed by atoms with van der Waals surface area (Å²) in [4.78, 5) is 12.0. The van der Waals surface area contributed by atoms with Crippen molar-refractivity contribution < 1.29 is 4.79 Å². The Labute approximate surface area is 124 Å². The minimum absolute atomic E-state index is 0.156. The molecule has 2 rings (SSSR count). The lowest BCUT2D eigenvalue weighted by molar-refractivity contribution is -0.122. The minimum Gasteiger partial charge on any atom is -0.347 e. The monoisotopic (exact) mass is 287 g/mol. The molecule has 0 saturated carbocycles. The number of nitrogens with one attached hydrogen (secondary N) is 1. The molecule has 3 N–H and O–H groups in total. The van der Waals surface area contributed by atoms with Crippen LogP contribution in [-0.4, -0.2) is 26.7 Å². The third-order valence-corrected chi connectivity index (χ3v) is 3.38. The molecule has 0 saturated heterocycles. The molecule has 0 aliphatic rings. The Morgan fingerprint density at radius 2 is 2.14 bits per heavy atom. The van der Waals surface area contributed by atoms with Gasteiger partial charge in [0.1, 0.15) is 6.33 Å². The van der Waals surface area contributed by atoms with Gasteiger partial charge in [0.05, 0.1) is 12.6 Å². The average molecular weight is 287 g/mol. The quantitative estimate of drug-likeness (QED) is 0.791. The molecule has 2 aromatic rings. The van der Waals surface area contributed by atoms with E-state index in [2.05, 4.69) is 15.5 Å². The summed E-state index contributed by atoms with van der Waals surface area (Å²) < 4.78 is 1.88. The number of carbonyl (C=O) groups is 1. The lowest BCUT2D eigenvalue weighted by Crippen LogP contribution is -2.40. The molecule has 0 radical (unpaired) electrons. The molecule has 6 nitrogen and oxygen atoms in total. The minimum atomic E-state index is -0.511. The number of benzene rings is 1. The van der Waals surface area contributed by atoms with Gasteiger partial charge < -0.3 is 15.6 Å². The number of nitrogens with two attached hydrogens (primary N) is 1. The highest BCUT2D eigenvalue weighted by Crippen LogP contribution is 2.04. The number of carbonyl (C=O) groups excluding carboxylic acids is 1. The molecule has 6 heteroatoms. The predicted molar refractivity (Wildman–Crippen MR) is 80.3 cm³/mol. The zero-order valence-corrected chi connectivity index (χ0v) is 12.2. The summed E-state index contributed by atoms with van der Waals surface area (Å²) in [6.07, 6.45) is 3.06. The normalized spacial score (nSPS) is 12.1. The molecule has 1 amide bonds. The largest absolute Gasteiger partial charge is 0.347 e. The number of hydrogen-bond acceptors (Lipinski definition) is 4. The van der Waals surface area contributed by atoms with E-state index >= 15 is 0 Å². The SMILES string of the molecule is CCn1cnnc1CNC(=O)[C@@H](N)CCc1ccccc1. The predicted octanol–water partition coefficient (Wildman–Crippen LogP) is 0.874. The zero-order valence-electron chi connectivity index (χ0n) is 12.2. The van der Waals surface area contributed by atoms with Gasteiger partial charge in [-0.3, -0.25) is 4.79 Å². The lowest BCUT2D eigenvalue weighted by Gasteiger charge is -2.12. The van der Waals surface area contributed by atoms with Crippen LogP contribution < -0.4 is 11.1 Å². The fourth-order valence-corrected chi connectivity index (χ4v) is 2.08. The van der Waals surface area contributed by atoms with E-state index in [-0.39, 0.29) is 5.91 Å². The number of aromatic nitrogens is 3. The van der Waals surface area contributed by atoms with Crippen LogP contribution in [0.3, 0.4) is 0 Å². The number of hydrogen-bond donors (Lipinski definition) is 2. The van der Waals surface area contributed by atoms with Gasteiger partial charge in [0.25, 0.3) is 0 Å².